The van der Waals surface area contributed by atoms with Gasteiger partial charge in [-0.25, -0.2) is 0 Å². The zero-order valence-corrected chi connectivity index (χ0v) is 12.1. The molecule has 1 amide bonds. The average Bonchev–Trinajstić information content (AvgIpc) is 2.97. The predicted octanol–water partition coefficient (Wildman–Crippen LogP) is 3.48. The van der Waals surface area contributed by atoms with Crippen LogP contribution in [0.3, 0.4) is 0 Å². The van der Waals surface area contributed by atoms with E-state index < -0.39 is 5.41 Å². The first-order chi connectivity index (χ1) is 10.1. The highest BCUT2D eigenvalue weighted by Crippen LogP contribution is 2.27. The highest BCUT2D eigenvalue weighted by Gasteiger charge is 2.29. The summed E-state index contributed by atoms with van der Waals surface area (Å²) in [5.41, 5.74) is 1.97. The third-order valence-electron chi connectivity index (χ3n) is 3.79. The highest BCUT2D eigenvalue weighted by molar-refractivity contribution is 6.04. The number of H-pyrrole nitrogens is 1. The summed E-state index contributed by atoms with van der Waals surface area (Å²) in [6, 6.07) is 15.5. The lowest BCUT2D eigenvalue weighted by Crippen LogP contribution is -2.34. The first-order valence-electron chi connectivity index (χ1n) is 6.88. The number of carbonyl (C=O) groups is 1. The van der Waals surface area contributed by atoms with Crippen molar-refractivity contribution in [3.63, 3.8) is 0 Å². The molecule has 0 spiro atoms. The molecule has 4 heteroatoms. The van der Waals surface area contributed by atoms with Crippen LogP contribution >= 0.6 is 0 Å². The van der Waals surface area contributed by atoms with Crippen LogP contribution in [-0.4, -0.2) is 16.1 Å². The van der Waals surface area contributed by atoms with Crippen molar-refractivity contribution >= 4 is 22.5 Å². The quantitative estimate of drug-likeness (QED) is 0.771. The van der Waals surface area contributed by atoms with Crippen molar-refractivity contribution in [1.29, 1.82) is 0 Å². The highest BCUT2D eigenvalue weighted by atomic mass is 16.2. The topological polar surface area (TPSA) is 57.8 Å². The van der Waals surface area contributed by atoms with E-state index in [-0.39, 0.29) is 5.91 Å². The van der Waals surface area contributed by atoms with E-state index >= 15 is 0 Å². The molecule has 0 unspecified atom stereocenters. The van der Waals surface area contributed by atoms with E-state index in [1.54, 1.807) is 6.20 Å². The molecule has 3 aromatic rings. The molecule has 106 valence electrons. The summed E-state index contributed by atoms with van der Waals surface area (Å²) < 4.78 is 0. The Hall–Kier alpha value is -2.62. The fourth-order valence-corrected chi connectivity index (χ4v) is 2.34. The van der Waals surface area contributed by atoms with Gasteiger partial charge in [-0.3, -0.25) is 9.89 Å². The van der Waals surface area contributed by atoms with Crippen LogP contribution in [0.1, 0.15) is 19.4 Å². The normalized spacial score (nSPS) is 11.5. The minimum Gasteiger partial charge on any atom is -0.323 e. The average molecular weight is 279 g/mol. The molecule has 4 nitrogen and oxygen atoms in total. The zero-order valence-electron chi connectivity index (χ0n) is 12.1. The number of para-hydroxylation sites is 1. The van der Waals surface area contributed by atoms with Crippen molar-refractivity contribution in [1.82, 2.24) is 10.2 Å². The summed E-state index contributed by atoms with van der Waals surface area (Å²) >= 11 is 0. The fourth-order valence-electron chi connectivity index (χ4n) is 2.34. The molecule has 0 aliphatic heterocycles. The molecule has 1 aromatic heterocycles. The lowest BCUT2D eigenvalue weighted by atomic mass is 9.83. The van der Waals surface area contributed by atoms with E-state index in [1.165, 1.54) is 0 Å². The summed E-state index contributed by atoms with van der Waals surface area (Å²) in [5.74, 6) is -0.0456. The number of fused-ring (bicyclic) bond motifs is 1. The van der Waals surface area contributed by atoms with Crippen molar-refractivity contribution in [2.75, 3.05) is 5.32 Å². The number of carbonyl (C=O) groups excluding carboxylic acids is 1. The second kappa shape index (κ2) is 5.05. The Kier molecular flexibility index (Phi) is 3.22. The van der Waals surface area contributed by atoms with E-state index in [9.17, 15) is 4.79 Å². The standard InChI is InChI=1S/C17H17N3O/c1-17(2,13-8-4-3-5-9-13)16(21)19-14-10-6-7-12-11-18-20-15(12)14/h3-11H,1-2H3,(H,18,20)(H,19,21). The first-order valence-corrected chi connectivity index (χ1v) is 6.88. The van der Waals surface area contributed by atoms with Gasteiger partial charge in [0.2, 0.25) is 5.91 Å². The predicted molar refractivity (Wildman–Crippen MR) is 84.2 cm³/mol. The van der Waals surface area contributed by atoms with Crippen LogP contribution in [0.25, 0.3) is 10.9 Å². The Morgan fingerprint density at radius 3 is 2.62 bits per heavy atom. The van der Waals surface area contributed by atoms with Gasteiger partial charge in [0.25, 0.3) is 0 Å². The van der Waals surface area contributed by atoms with E-state index in [1.807, 2.05) is 62.4 Å². The number of rotatable bonds is 3. The monoisotopic (exact) mass is 279 g/mol. The molecule has 0 saturated carbocycles. The molecule has 0 bridgehead atoms. The van der Waals surface area contributed by atoms with Crippen LogP contribution in [0.5, 0.6) is 0 Å². The summed E-state index contributed by atoms with van der Waals surface area (Å²) in [7, 11) is 0. The number of hydrogen-bond acceptors (Lipinski definition) is 2. The second-order valence-corrected chi connectivity index (χ2v) is 5.58. The minimum atomic E-state index is -0.608. The lowest BCUT2D eigenvalue weighted by molar-refractivity contribution is -0.120. The third-order valence-corrected chi connectivity index (χ3v) is 3.79. The fraction of sp³-hybridized carbons (Fsp3) is 0.176. The van der Waals surface area contributed by atoms with Crippen molar-refractivity contribution < 1.29 is 4.79 Å². The Balaban J connectivity index is 1.91. The summed E-state index contributed by atoms with van der Waals surface area (Å²) in [6.45, 7) is 3.84. The van der Waals surface area contributed by atoms with Crippen LogP contribution in [-0.2, 0) is 10.2 Å². The number of amides is 1. The summed E-state index contributed by atoms with van der Waals surface area (Å²) in [4.78, 5) is 12.7. The Morgan fingerprint density at radius 2 is 1.86 bits per heavy atom. The van der Waals surface area contributed by atoms with Crippen molar-refractivity contribution in [3.05, 3.63) is 60.3 Å². The number of nitrogens with one attached hydrogen (secondary N) is 2. The maximum absolute atomic E-state index is 12.7. The first kappa shape index (κ1) is 13.4. The molecule has 2 aromatic carbocycles. The Bertz CT molecular complexity index is 775. The van der Waals surface area contributed by atoms with Gasteiger partial charge in [0.05, 0.1) is 22.8 Å². The Morgan fingerprint density at radius 1 is 1.10 bits per heavy atom. The van der Waals surface area contributed by atoms with E-state index in [0.29, 0.717) is 0 Å². The van der Waals surface area contributed by atoms with Crippen molar-refractivity contribution in [2.45, 2.75) is 19.3 Å². The molecule has 1 heterocycles. The molecule has 21 heavy (non-hydrogen) atoms. The van der Waals surface area contributed by atoms with Crippen molar-refractivity contribution in [3.8, 4) is 0 Å². The molecule has 0 radical (unpaired) electrons. The Labute approximate surface area is 123 Å². The lowest BCUT2D eigenvalue weighted by Gasteiger charge is -2.24. The van der Waals surface area contributed by atoms with Gasteiger partial charge >= 0.3 is 0 Å². The van der Waals surface area contributed by atoms with E-state index in [4.69, 9.17) is 0 Å². The van der Waals surface area contributed by atoms with Crippen molar-refractivity contribution in [2.24, 2.45) is 0 Å². The molecule has 0 aliphatic carbocycles. The molecule has 3 rings (SSSR count). The molecule has 0 atom stereocenters. The summed E-state index contributed by atoms with van der Waals surface area (Å²) in [5, 5.41) is 10.9. The number of aromatic amines is 1. The second-order valence-electron chi connectivity index (χ2n) is 5.58. The molecule has 0 fully saturated rings. The van der Waals surface area contributed by atoms with Crippen LogP contribution in [0.2, 0.25) is 0 Å². The number of benzene rings is 2. The SMILES string of the molecule is CC(C)(C(=O)Nc1cccc2cn[nH]c12)c1ccccc1. The number of hydrogen-bond donors (Lipinski definition) is 2. The van der Waals surface area contributed by atoms with Gasteiger partial charge in [-0.15, -0.1) is 0 Å². The third kappa shape index (κ3) is 2.40. The maximum Gasteiger partial charge on any atom is 0.234 e. The van der Waals surface area contributed by atoms with E-state index in [0.717, 1.165) is 22.2 Å². The van der Waals surface area contributed by atoms with Crippen LogP contribution < -0.4 is 5.32 Å². The molecular weight excluding hydrogens is 262 g/mol. The number of nitrogens with zero attached hydrogens (tertiary/aromatic N) is 1. The largest absolute Gasteiger partial charge is 0.323 e. The molecular formula is C17H17N3O. The summed E-state index contributed by atoms with van der Waals surface area (Å²) in [6.07, 6.45) is 1.74. The van der Waals surface area contributed by atoms with Gasteiger partial charge in [-0.1, -0.05) is 42.5 Å². The van der Waals surface area contributed by atoms with E-state index in [2.05, 4.69) is 15.5 Å². The number of anilines is 1. The van der Waals surface area contributed by atoms with Crippen LogP contribution in [0, 0.1) is 0 Å². The van der Waals surface area contributed by atoms with Crippen LogP contribution in [0.15, 0.2) is 54.7 Å². The van der Waals surface area contributed by atoms with Gasteiger partial charge in [0.15, 0.2) is 0 Å². The van der Waals surface area contributed by atoms with Gasteiger partial charge < -0.3 is 5.32 Å². The van der Waals surface area contributed by atoms with Gasteiger partial charge in [-0.2, -0.15) is 5.10 Å². The van der Waals surface area contributed by atoms with Gasteiger partial charge in [-0.05, 0) is 25.5 Å². The smallest absolute Gasteiger partial charge is 0.234 e. The number of aromatic nitrogens is 2. The molecule has 0 aliphatic rings. The molecule has 0 saturated heterocycles. The van der Waals surface area contributed by atoms with Gasteiger partial charge in [0.1, 0.15) is 0 Å². The minimum absolute atomic E-state index is 0.0456. The maximum atomic E-state index is 12.7. The van der Waals surface area contributed by atoms with Crippen LogP contribution in [0.4, 0.5) is 5.69 Å². The molecule has 2 N–H and O–H groups in total. The van der Waals surface area contributed by atoms with Gasteiger partial charge in [0, 0.05) is 5.39 Å². The zero-order chi connectivity index (χ0) is 14.9.